The van der Waals surface area contributed by atoms with Crippen LogP contribution in [-0.4, -0.2) is 0 Å². The van der Waals surface area contributed by atoms with Crippen LogP contribution in [0.5, 0.6) is 0 Å². The minimum Gasteiger partial charge on any atom is -0.397 e. The number of nitrogens with two attached hydrogens (primary N) is 1. The molecular formula is C16H15N3S. The third-order valence-corrected chi connectivity index (χ3v) is 5.37. The first-order valence-corrected chi connectivity index (χ1v) is 7.73. The van der Waals surface area contributed by atoms with Crippen LogP contribution in [-0.2, 0) is 13.1 Å². The third kappa shape index (κ3) is 1.70. The summed E-state index contributed by atoms with van der Waals surface area (Å²) in [5.74, 6) is 0.576. The summed E-state index contributed by atoms with van der Waals surface area (Å²) < 4.78 is 0. The SMILES string of the molecule is N#Cc1sc(N2Cc3ccccc3C2)c(C2CC2)c1N. The first kappa shape index (κ1) is 11.8. The molecule has 1 fully saturated rings. The summed E-state index contributed by atoms with van der Waals surface area (Å²) in [4.78, 5) is 3.05. The molecular weight excluding hydrogens is 266 g/mol. The van der Waals surface area contributed by atoms with Gasteiger partial charge in [-0.25, -0.2) is 0 Å². The molecule has 100 valence electrons. The summed E-state index contributed by atoms with van der Waals surface area (Å²) in [5.41, 5.74) is 10.9. The van der Waals surface area contributed by atoms with Crippen molar-refractivity contribution in [1.29, 1.82) is 5.26 Å². The summed E-state index contributed by atoms with van der Waals surface area (Å²) in [7, 11) is 0. The first-order valence-electron chi connectivity index (χ1n) is 6.92. The molecule has 1 saturated carbocycles. The number of hydrogen-bond acceptors (Lipinski definition) is 4. The fourth-order valence-electron chi connectivity index (χ4n) is 3.01. The van der Waals surface area contributed by atoms with Gasteiger partial charge in [-0.05, 0) is 29.9 Å². The Hall–Kier alpha value is -1.99. The number of benzene rings is 1. The van der Waals surface area contributed by atoms with Crippen molar-refractivity contribution in [3.63, 3.8) is 0 Å². The van der Waals surface area contributed by atoms with Crippen LogP contribution >= 0.6 is 11.3 Å². The number of hydrogen-bond donors (Lipinski definition) is 1. The Morgan fingerprint density at radius 2 is 1.85 bits per heavy atom. The molecule has 0 atom stereocenters. The molecule has 1 aromatic carbocycles. The van der Waals surface area contributed by atoms with Crippen molar-refractivity contribution in [3.8, 4) is 6.07 Å². The monoisotopic (exact) mass is 281 g/mol. The van der Waals surface area contributed by atoms with Crippen molar-refractivity contribution in [2.24, 2.45) is 0 Å². The molecule has 4 rings (SSSR count). The number of rotatable bonds is 2. The highest BCUT2D eigenvalue weighted by molar-refractivity contribution is 7.17. The number of anilines is 2. The Balaban J connectivity index is 1.76. The molecule has 0 bridgehead atoms. The van der Waals surface area contributed by atoms with Crippen LogP contribution in [0.1, 0.15) is 40.3 Å². The Morgan fingerprint density at radius 3 is 2.40 bits per heavy atom. The maximum atomic E-state index is 9.24. The van der Waals surface area contributed by atoms with E-state index in [1.807, 2.05) is 0 Å². The summed E-state index contributed by atoms with van der Waals surface area (Å²) in [6.45, 7) is 1.86. The van der Waals surface area contributed by atoms with E-state index in [-0.39, 0.29) is 0 Å². The van der Waals surface area contributed by atoms with Crippen molar-refractivity contribution in [3.05, 3.63) is 45.8 Å². The molecule has 4 heteroatoms. The van der Waals surface area contributed by atoms with Gasteiger partial charge in [-0.15, -0.1) is 11.3 Å². The zero-order valence-corrected chi connectivity index (χ0v) is 11.9. The van der Waals surface area contributed by atoms with Gasteiger partial charge in [0.1, 0.15) is 10.9 Å². The van der Waals surface area contributed by atoms with E-state index in [4.69, 9.17) is 5.73 Å². The number of thiophene rings is 1. The lowest BCUT2D eigenvalue weighted by atomic mass is 10.1. The van der Waals surface area contributed by atoms with Gasteiger partial charge in [-0.1, -0.05) is 24.3 Å². The van der Waals surface area contributed by atoms with Crippen molar-refractivity contribution in [2.45, 2.75) is 31.8 Å². The van der Waals surface area contributed by atoms with E-state index >= 15 is 0 Å². The largest absolute Gasteiger partial charge is 0.397 e. The van der Waals surface area contributed by atoms with Crippen LogP contribution in [0.2, 0.25) is 0 Å². The molecule has 2 N–H and O–H groups in total. The topological polar surface area (TPSA) is 53.0 Å². The van der Waals surface area contributed by atoms with E-state index in [0.29, 0.717) is 10.8 Å². The molecule has 2 aliphatic rings. The lowest BCUT2D eigenvalue weighted by Gasteiger charge is -2.17. The van der Waals surface area contributed by atoms with Gasteiger partial charge in [0.2, 0.25) is 0 Å². The molecule has 0 unspecified atom stereocenters. The quantitative estimate of drug-likeness (QED) is 0.915. The zero-order chi connectivity index (χ0) is 13.7. The van der Waals surface area contributed by atoms with Gasteiger partial charge in [0.25, 0.3) is 0 Å². The molecule has 2 heterocycles. The molecule has 1 aliphatic carbocycles. The van der Waals surface area contributed by atoms with E-state index in [2.05, 4.69) is 35.2 Å². The van der Waals surface area contributed by atoms with Crippen molar-refractivity contribution in [2.75, 3.05) is 10.6 Å². The summed E-state index contributed by atoms with van der Waals surface area (Å²) in [6, 6.07) is 10.8. The van der Waals surface area contributed by atoms with Crippen LogP contribution < -0.4 is 10.6 Å². The molecule has 1 aliphatic heterocycles. The third-order valence-electron chi connectivity index (χ3n) is 4.18. The molecule has 3 nitrogen and oxygen atoms in total. The molecule has 0 saturated heterocycles. The molecule has 0 radical (unpaired) electrons. The zero-order valence-electron chi connectivity index (χ0n) is 11.1. The Kier molecular flexibility index (Phi) is 2.51. The van der Waals surface area contributed by atoms with E-state index in [0.717, 1.165) is 18.8 Å². The van der Waals surface area contributed by atoms with Crippen LogP contribution in [0.25, 0.3) is 0 Å². The smallest absolute Gasteiger partial charge is 0.130 e. The van der Waals surface area contributed by atoms with Gasteiger partial charge in [0.05, 0.1) is 10.7 Å². The molecule has 1 aromatic heterocycles. The van der Waals surface area contributed by atoms with Crippen LogP contribution in [0.4, 0.5) is 10.7 Å². The predicted molar refractivity (Wildman–Crippen MR) is 81.8 cm³/mol. The average Bonchev–Trinajstić information content (AvgIpc) is 3.11. The van der Waals surface area contributed by atoms with Gasteiger partial charge >= 0.3 is 0 Å². The summed E-state index contributed by atoms with van der Waals surface area (Å²) in [6.07, 6.45) is 2.42. The Morgan fingerprint density at radius 1 is 1.20 bits per heavy atom. The summed E-state index contributed by atoms with van der Waals surface area (Å²) in [5, 5.41) is 10.5. The standard InChI is InChI=1S/C16H15N3S/c17-7-13-15(18)14(10-5-6-10)16(20-13)19-8-11-3-1-2-4-12(11)9-19/h1-4,10H,5-6,8-9,18H2. The summed E-state index contributed by atoms with van der Waals surface area (Å²) >= 11 is 1.56. The van der Waals surface area contributed by atoms with Gasteiger partial charge in [0.15, 0.2) is 0 Å². The Labute approximate surface area is 122 Å². The highest BCUT2D eigenvalue weighted by Gasteiger charge is 2.34. The van der Waals surface area contributed by atoms with E-state index in [1.54, 1.807) is 11.3 Å². The van der Waals surface area contributed by atoms with Gasteiger partial charge in [-0.2, -0.15) is 5.26 Å². The lowest BCUT2D eigenvalue weighted by Crippen LogP contribution is -2.14. The maximum Gasteiger partial charge on any atom is 0.130 e. The molecule has 0 amide bonds. The van der Waals surface area contributed by atoms with Crippen LogP contribution in [0.3, 0.4) is 0 Å². The van der Waals surface area contributed by atoms with Gasteiger partial charge in [0, 0.05) is 18.7 Å². The second kappa shape index (κ2) is 4.26. The number of nitrogens with zero attached hydrogens (tertiary/aromatic N) is 2. The number of nitriles is 1. The predicted octanol–water partition coefficient (Wildman–Crippen LogP) is 3.60. The van der Waals surface area contributed by atoms with E-state index in [1.165, 1.54) is 34.5 Å². The van der Waals surface area contributed by atoms with Gasteiger partial charge in [-0.3, -0.25) is 0 Å². The minimum absolute atomic E-state index is 0.576. The second-order valence-electron chi connectivity index (χ2n) is 5.57. The number of fused-ring (bicyclic) bond motifs is 1. The minimum atomic E-state index is 0.576. The van der Waals surface area contributed by atoms with E-state index in [9.17, 15) is 5.26 Å². The van der Waals surface area contributed by atoms with Crippen molar-refractivity contribution < 1.29 is 0 Å². The van der Waals surface area contributed by atoms with E-state index < -0.39 is 0 Å². The second-order valence-corrected chi connectivity index (χ2v) is 6.57. The highest BCUT2D eigenvalue weighted by atomic mass is 32.1. The van der Waals surface area contributed by atoms with Gasteiger partial charge < -0.3 is 10.6 Å². The fourth-order valence-corrected chi connectivity index (χ4v) is 4.11. The molecule has 2 aromatic rings. The van der Waals surface area contributed by atoms with Crippen molar-refractivity contribution in [1.82, 2.24) is 0 Å². The number of nitrogen functional groups attached to an aromatic ring is 1. The molecule has 20 heavy (non-hydrogen) atoms. The van der Waals surface area contributed by atoms with Crippen molar-refractivity contribution >= 4 is 22.0 Å². The maximum absolute atomic E-state index is 9.24. The first-order chi connectivity index (χ1) is 9.78. The highest BCUT2D eigenvalue weighted by Crippen LogP contribution is 2.52. The Bertz CT molecular complexity index is 697. The molecule has 0 spiro atoms. The normalized spacial score (nSPS) is 17.1. The average molecular weight is 281 g/mol. The lowest BCUT2D eigenvalue weighted by molar-refractivity contribution is 0.881. The van der Waals surface area contributed by atoms with Crippen LogP contribution in [0, 0.1) is 11.3 Å². The fraction of sp³-hybridized carbons (Fsp3) is 0.312. The van der Waals surface area contributed by atoms with Crippen LogP contribution in [0.15, 0.2) is 24.3 Å².